The molecule has 1 aliphatic carbocycles. The number of rotatable bonds is 6. The number of carbonyl (C=O) groups excluding carboxylic acids is 1. The summed E-state index contributed by atoms with van der Waals surface area (Å²) in [5.74, 6) is 0.739. The van der Waals surface area contributed by atoms with E-state index < -0.39 is 0 Å². The summed E-state index contributed by atoms with van der Waals surface area (Å²) in [6, 6.07) is 1.70. The summed E-state index contributed by atoms with van der Waals surface area (Å²) in [5, 5.41) is 0. The normalized spacial score (nSPS) is 14.8. The van der Waals surface area contributed by atoms with Crippen LogP contribution in [-0.4, -0.2) is 42.2 Å². The van der Waals surface area contributed by atoms with Crippen LogP contribution < -0.4 is 5.73 Å². The molecule has 18 heavy (non-hydrogen) atoms. The van der Waals surface area contributed by atoms with Gasteiger partial charge in [0, 0.05) is 33.4 Å². The number of likely N-dealkylation sites (N-methyl/N-ethyl adjacent to an activating group) is 1. The first-order chi connectivity index (χ1) is 8.58. The van der Waals surface area contributed by atoms with E-state index in [1.807, 2.05) is 7.05 Å². The zero-order valence-corrected chi connectivity index (χ0v) is 11.1. The van der Waals surface area contributed by atoms with Crippen molar-refractivity contribution in [3.63, 3.8) is 0 Å². The van der Waals surface area contributed by atoms with Gasteiger partial charge in [0.25, 0.3) is 5.91 Å². The predicted octanol–water partition coefficient (Wildman–Crippen LogP) is 1.11. The second-order valence-corrected chi connectivity index (χ2v) is 5.01. The molecule has 1 saturated carbocycles. The van der Waals surface area contributed by atoms with Gasteiger partial charge >= 0.3 is 0 Å². The minimum Gasteiger partial charge on any atom is -0.397 e. The minimum atomic E-state index is -0.0239. The van der Waals surface area contributed by atoms with E-state index in [0.717, 1.165) is 12.5 Å². The first-order valence-corrected chi connectivity index (χ1v) is 6.33. The Morgan fingerprint density at radius 3 is 2.89 bits per heavy atom. The number of anilines is 1. The molecule has 1 fully saturated rings. The summed E-state index contributed by atoms with van der Waals surface area (Å²) in [5.41, 5.74) is 6.88. The molecule has 1 heterocycles. The number of aryl methyl sites for hydroxylation is 1. The van der Waals surface area contributed by atoms with E-state index in [2.05, 4.69) is 0 Å². The summed E-state index contributed by atoms with van der Waals surface area (Å²) < 4.78 is 7.27. The van der Waals surface area contributed by atoms with Crippen LogP contribution in [-0.2, 0) is 11.8 Å². The number of hydrogen-bond donors (Lipinski definition) is 1. The molecule has 0 aliphatic heterocycles. The number of hydrogen-bond acceptors (Lipinski definition) is 3. The Hall–Kier alpha value is -1.49. The molecule has 1 amide bonds. The molecule has 2 rings (SSSR count). The van der Waals surface area contributed by atoms with E-state index >= 15 is 0 Å². The Kier molecular flexibility index (Phi) is 3.91. The Balaban J connectivity index is 1.78. The SMILES string of the molecule is CN(CCOCC1CC1)C(=O)c1cc(N)cn1C. The van der Waals surface area contributed by atoms with Crippen molar-refractivity contribution < 1.29 is 9.53 Å². The molecule has 0 atom stereocenters. The number of nitrogens with zero attached hydrogens (tertiary/aromatic N) is 2. The highest BCUT2D eigenvalue weighted by molar-refractivity contribution is 5.93. The van der Waals surface area contributed by atoms with Gasteiger partial charge < -0.3 is 19.9 Å². The van der Waals surface area contributed by atoms with Crippen molar-refractivity contribution in [1.82, 2.24) is 9.47 Å². The van der Waals surface area contributed by atoms with Gasteiger partial charge in [0.1, 0.15) is 5.69 Å². The zero-order valence-electron chi connectivity index (χ0n) is 11.1. The molecule has 5 nitrogen and oxygen atoms in total. The Bertz CT molecular complexity index is 424. The van der Waals surface area contributed by atoms with Gasteiger partial charge in [-0.15, -0.1) is 0 Å². The van der Waals surface area contributed by atoms with Crippen LogP contribution in [0, 0.1) is 5.92 Å². The summed E-state index contributed by atoms with van der Waals surface area (Å²) in [6.45, 7) is 2.04. The standard InChI is InChI=1S/C13H21N3O2/c1-15(5-6-18-9-10-3-4-10)13(17)12-7-11(14)8-16(12)2/h7-8,10H,3-6,9,14H2,1-2H3. The molecule has 1 aliphatic rings. The molecule has 5 heteroatoms. The maximum Gasteiger partial charge on any atom is 0.270 e. The lowest BCUT2D eigenvalue weighted by molar-refractivity contribution is 0.0673. The van der Waals surface area contributed by atoms with Crippen LogP contribution in [0.25, 0.3) is 0 Å². The monoisotopic (exact) mass is 251 g/mol. The fourth-order valence-corrected chi connectivity index (χ4v) is 1.84. The number of nitrogens with two attached hydrogens (primary N) is 1. The summed E-state index contributed by atoms with van der Waals surface area (Å²) >= 11 is 0. The lowest BCUT2D eigenvalue weighted by Crippen LogP contribution is -2.31. The Labute approximate surface area is 108 Å². The largest absolute Gasteiger partial charge is 0.397 e. The lowest BCUT2D eigenvalue weighted by Gasteiger charge is -2.17. The second-order valence-electron chi connectivity index (χ2n) is 5.01. The van der Waals surface area contributed by atoms with Gasteiger partial charge in [-0.3, -0.25) is 4.79 Å². The topological polar surface area (TPSA) is 60.5 Å². The van der Waals surface area contributed by atoms with E-state index in [1.165, 1.54) is 12.8 Å². The molecule has 0 aromatic carbocycles. The summed E-state index contributed by atoms with van der Waals surface area (Å²) in [7, 11) is 3.60. The van der Waals surface area contributed by atoms with Gasteiger partial charge in [0.2, 0.25) is 0 Å². The third-order valence-corrected chi connectivity index (χ3v) is 3.21. The summed E-state index contributed by atoms with van der Waals surface area (Å²) in [4.78, 5) is 13.8. The molecule has 2 N–H and O–H groups in total. The van der Waals surface area contributed by atoms with Crippen LogP contribution in [0.4, 0.5) is 5.69 Å². The van der Waals surface area contributed by atoms with Crippen molar-refractivity contribution in [3.8, 4) is 0 Å². The van der Waals surface area contributed by atoms with Gasteiger partial charge in [-0.1, -0.05) is 0 Å². The van der Waals surface area contributed by atoms with Crippen LogP contribution in [0.3, 0.4) is 0 Å². The maximum absolute atomic E-state index is 12.1. The number of ether oxygens (including phenoxy) is 1. The molecule has 1 aromatic heterocycles. The molecule has 0 spiro atoms. The van der Waals surface area contributed by atoms with Crippen molar-refractivity contribution in [2.45, 2.75) is 12.8 Å². The molecule has 0 bridgehead atoms. The van der Waals surface area contributed by atoms with Gasteiger partial charge in [0.05, 0.1) is 12.3 Å². The quantitative estimate of drug-likeness (QED) is 0.770. The van der Waals surface area contributed by atoms with Gasteiger partial charge in [-0.25, -0.2) is 0 Å². The van der Waals surface area contributed by atoms with Crippen molar-refractivity contribution in [3.05, 3.63) is 18.0 Å². The molecular weight excluding hydrogens is 230 g/mol. The molecular formula is C13H21N3O2. The third kappa shape index (κ3) is 3.26. The number of amides is 1. The fraction of sp³-hybridized carbons (Fsp3) is 0.615. The maximum atomic E-state index is 12.1. The highest BCUT2D eigenvalue weighted by Crippen LogP contribution is 2.28. The average Bonchev–Trinajstić information content (AvgIpc) is 3.08. The van der Waals surface area contributed by atoms with Crippen LogP contribution >= 0.6 is 0 Å². The fourth-order valence-electron chi connectivity index (χ4n) is 1.84. The van der Waals surface area contributed by atoms with Crippen LogP contribution in [0.2, 0.25) is 0 Å². The average molecular weight is 251 g/mol. The first-order valence-electron chi connectivity index (χ1n) is 6.33. The van der Waals surface area contributed by atoms with Crippen molar-refractivity contribution in [1.29, 1.82) is 0 Å². The van der Waals surface area contributed by atoms with E-state index in [1.54, 1.807) is 28.8 Å². The van der Waals surface area contributed by atoms with E-state index in [4.69, 9.17) is 10.5 Å². The molecule has 0 radical (unpaired) electrons. The van der Waals surface area contributed by atoms with E-state index in [0.29, 0.717) is 24.5 Å². The number of nitrogen functional groups attached to an aromatic ring is 1. The highest BCUT2D eigenvalue weighted by atomic mass is 16.5. The van der Waals surface area contributed by atoms with Crippen molar-refractivity contribution in [2.24, 2.45) is 13.0 Å². The second kappa shape index (κ2) is 5.44. The van der Waals surface area contributed by atoms with Crippen LogP contribution in [0.5, 0.6) is 0 Å². The minimum absolute atomic E-state index is 0.0239. The van der Waals surface area contributed by atoms with E-state index in [-0.39, 0.29) is 5.91 Å². The van der Waals surface area contributed by atoms with Crippen molar-refractivity contribution >= 4 is 11.6 Å². The predicted molar refractivity (Wildman–Crippen MR) is 70.3 cm³/mol. The van der Waals surface area contributed by atoms with Crippen molar-refractivity contribution in [2.75, 3.05) is 32.5 Å². The zero-order chi connectivity index (χ0) is 13.1. The smallest absolute Gasteiger partial charge is 0.270 e. The highest BCUT2D eigenvalue weighted by Gasteiger charge is 2.21. The number of carbonyl (C=O) groups is 1. The summed E-state index contributed by atoms with van der Waals surface area (Å²) in [6.07, 6.45) is 4.32. The van der Waals surface area contributed by atoms with Gasteiger partial charge in [-0.05, 0) is 24.8 Å². The first kappa shape index (κ1) is 13.0. The molecule has 0 unspecified atom stereocenters. The molecule has 100 valence electrons. The van der Waals surface area contributed by atoms with Crippen LogP contribution in [0.1, 0.15) is 23.3 Å². The Morgan fingerprint density at radius 1 is 1.61 bits per heavy atom. The third-order valence-electron chi connectivity index (χ3n) is 3.21. The van der Waals surface area contributed by atoms with Crippen LogP contribution in [0.15, 0.2) is 12.3 Å². The molecule has 1 aromatic rings. The number of aromatic nitrogens is 1. The Morgan fingerprint density at radius 2 is 2.33 bits per heavy atom. The van der Waals surface area contributed by atoms with Gasteiger partial charge in [0.15, 0.2) is 0 Å². The lowest BCUT2D eigenvalue weighted by atomic mass is 10.3. The van der Waals surface area contributed by atoms with E-state index in [9.17, 15) is 4.79 Å². The van der Waals surface area contributed by atoms with Gasteiger partial charge in [-0.2, -0.15) is 0 Å². The molecule has 0 saturated heterocycles.